The predicted octanol–water partition coefficient (Wildman–Crippen LogP) is 2.47. The van der Waals surface area contributed by atoms with Crippen LogP contribution in [0.15, 0.2) is 24.8 Å². The van der Waals surface area contributed by atoms with Gasteiger partial charge in [-0.25, -0.2) is 0 Å². The van der Waals surface area contributed by atoms with Crippen molar-refractivity contribution in [1.82, 2.24) is 0 Å². The van der Waals surface area contributed by atoms with Crippen molar-refractivity contribution < 1.29 is 4.79 Å². The number of anilines is 2. The van der Waals surface area contributed by atoms with E-state index >= 15 is 0 Å². The SMILES string of the molecule is C=Cc1cccc2c1N[C@H](C)CC(=O)N2. The molecule has 0 bridgehead atoms. The number of para-hydroxylation sites is 1. The van der Waals surface area contributed by atoms with Crippen molar-refractivity contribution in [1.29, 1.82) is 0 Å². The van der Waals surface area contributed by atoms with Gasteiger partial charge in [-0.3, -0.25) is 4.79 Å². The Morgan fingerprint density at radius 1 is 1.53 bits per heavy atom. The first-order valence-electron chi connectivity index (χ1n) is 5.02. The van der Waals surface area contributed by atoms with Gasteiger partial charge in [0.2, 0.25) is 5.91 Å². The van der Waals surface area contributed by atoms with Gasteiger partial charge >= 0.3 is 0 Å². The molecular weight excluding hydrogens is 188 g/mol. The van der Waals surface area contributed by atoms with Gasteiger partial charge in [0.25, 0.3) is 0 Å². The molecule has 0 spiro atoms. The first-order chi connectivity index (χ1) is 7.20. The molecule has 0 radical (unpaired) electrons. The number of rotatable bonds is 1. The van der Waals surface area contributed by atoms with Crippen LogP contribution in [0.5, 0.6) is 0 Å². The Labute approximate surface area is 89.2 Å². The van der Waals surface area contributed by atoms with Crippen LogP contribution >= 0.6 is 0 Å². The van der Waals surface area contributed by atoms with Gasteiger partial charge < -0.3 is 10.6 Å². The minimum atomic E-state index is 0.0509. The molecule has 2 rings (SSSR count). The number of hydrogen-bond donors (Lipinski definition) is 2. The Balaban J connectivity index is 2.50. The Morgan fingerprint density at radius 2 is 2.33 bits per heavy atom. The minimum Gasteiger partial charge on any atom is -0.380 e. The van der Waals surface area contributed by atoms with Crippen molar-refractivity contribution in [2.75, 3.05) is 10.6 Å². The Kier molecular flexibility index (Phi) is 2.46. The Bertz CT molecular complexity index is 412. The number of carbonyl (C=O) groups excluding carboxylic acids is 1. The maximum atomic E-state index is 11.5. The van der Waals surface area contributed by atoms with E-state index in [0.29, 0.717) is 6.42 Å². The summed E-state index contributed by atoms with van der Waals surface area (Å²) in [6, 6.07) is 5.93. The second-order valence-corrected chi connectivity index (χ2v) is 3.77. The summed E-state index contributed by atoms with van der Waals surface area (Å²) >= 11 is 0. The maximum Gasteiger partial charge on any atom is 0.226 e. The molecule has 1 aromatic rings. The highest BCUT2D eigenvalue weighted by atomic mass is 16.1. The van der Waals surface area contributed by atoms with Crippen LogP contribution in [0.25, 0.3) is 6.08 Å². The average molecular weight is 202 g/mol. The molecular formula is C12H14N2O. The maximum absolute atomic E-state index is 11.5. The van der Waals surface area contributed by atoms with Gasteiger partial charge in [-0.15, -0.1) is 0 Å². The van der Waals surface area contributed by atoms with Gasteiger partial charge in [-0.1, -0.05) is 24.8 Å². The highest BCUT2D eigenvalue weighted by Gasteiger charge is 2.18. The number of amides is 1. The summed E-state index contributed by atoms with van der Waals surface area (Å²) in [4.78, 5) is 11.5. The normalized spacial score (nSPS) is 19.5. The first-order valence-corrected chi connectivity index (χ1v) is 5.02. The van der Waals surface area contributed by atoms with E-state index in [1.165, 1.54) is 0 Å². The molecule has 1 heterocycles. The van der Waals surface area contributed by atoms with Crippen LogP contribution < -0.4 is 10.6 Å². The van der Waals surface area contributed by atoms with E-state index < -0.39 is 0 Å². The summed E-state index contributed by atoms with van der Waals surface area (Å²) in [5, 5.41) is 6.20. The molecule has 2 N–H and O–H groups in total. The lowest BCUT2D eigenvalue weighted by Crippen LogP contribution is -2.19. The number of carbonyl (C=O) groups is 1. The number of fused-ring (bicyclic) bond motifs is 1. The molecule has 78 valence electrons. The highest BCUT2D eigenvalue weighted by molar-refractivity contribution is 5.98. The molecule has 3 heteroatoms. The standard InChI is InChI=1S/C12H14N2O/c1-3-9-5-4-6-10-12(9)13-8(2)7-11(15)14-10/h3-6,8,13H,1,7H2,2H3,(H,14,15)/t8-/m1/s1. The summed E-state index contributed by atoms with van der Waals surface area (Å²) in [6.45, 7) is 5.76. The van der Waals surface area contributed by atoms with E-state index in [9.17, 15) is 4.79 Å². The van der Waals surface area contributed by atoms with Crippen molar-refractivity contribution in [2.24, 2.45) is 0 Å². The summed E-state index contributed by atoms with van der Waals surface area (Å²) in [5.41, 5.74) is 2.81. The van der Waals surface area contributed by atoms with Crippen LogP contribution in [0.2, 0.25) is 0 Å². The van der Waals surface area contributed by atoms with Crippen LogP contribution in [0.4, 0.5) is 11.4 Å². The van der Waals surface area contributed by atoms with Crippen LogP contribution in [-0.4, -0.2) is 11.9 Å². The third-order valence-corrected chi connectivity index (χ3v) is 2.47. The number of nitrogens with one attached hydrogen (secondary N) is 2. The van der Waals surface area contributed by atoms with Gasteiger partial charge in [0.15, 0.2) is 0 Å². The minimum absolute atomic E-state index is 0.0509. The van der Waals surface area contributed by atoms with Crippen molar-refractivity contribution in [3.63, 3.8) is 0 Å². The lowest BCUT2D eigenvalue weighted by atomic mass is 10.1. The van der Waals surface area contributed by atoms with Gasteiger partial charge in [0.1, 0.15) is 0 Å². The van der Waals surface area contributed by atoms with Gasteiger partial charge in [0, 0.05) is 12.5 Å². The third kappa shape index (κ3) is 1.86. The molecule has 0 aliphatic carbocycles. The number of benzene rings is 1. The molecule has 1 aliphatic rings. The first kappa shape index (κ1) is 9.77. The van der Waals surface area contributed by atoms with Crippen LogP contribution in [0.1, 0.15) is 18.9 Å². The average Bonchev–Trinajstić information content (AvgIpc) is 2.33. The molecule has 0 aromatic heterocycles. The molecule has 0 unspecified atom stereocenters. The van der Waals surface area contributed by atoms with Crippen LogP contribution in [0, 0.1) is 0 Å². The molecule has 1 atom stereocenters. The summed E-state index contributed by atoms with van der Waals surface area (Å²) < 4.78 is 0. The van der Waals surface area contributed by atoms with E-state index in [1.54, 1.807) is 6.08 Å². The fraction of sp³-hybridized carbons (Fsp3) is 0.250. The van der Waals surface area contributed by atoms with Crippen molar-refractivity contribution in [3.8, 4) is 0 Å². The third-order valence-electron chi connectivity index (χ3n) is 2.47. The number of hydrogen-bond acceptors (Lipinski definition) is 2. The second kappa shape index (κ2) is 3.77. The largest absolute Gasteiger partial charge is 0.380 e. The Morgan fingerprint density at radius 3 is 3.07 bits per heavy atom. The van der Waals surface area contributed by atoms with Crippen molar-refractivity contribution in [3.05, 3.63) is 30.3 Å². The predicted molar refractivity (Wildman–Crippen MR) is 62.9 cm³/mol. The van der Waals surface area contributed by atoms with Gasteiger partial charge in [-0.2, -0.15) is 0 Å². The Hall–Kier alpha value is -1.77. The lowest BCUT2D eigenvalue weighted by Gasteiger charge is -2.14. The lowest BCUT2D eigenvalue weighted by molar-refractivity contribution is -0.116. The fourth-order valence-electron chi connectivity index (χ4n) is 1.78. The van der Waals surface area contributed by atoms with Crippen LogP contribution in [-0.2, 0) is 4.79 Å². The molecule has 0 fully saturated rings. The van der Waals surface area contributed by atoms with Crippen molar-refractivity contribution in [2.45, 2.75) is 19.4 Å². The fourth-order valence-corrected chi connectivity index (χ4v) is 1.78. The van der Waals surface area contributed by atoms with E-state index in [1.807, 2.05) is 25.1 Å². The molecule has 15 heavy (non-hydrogen) atoms. The molecule has 1 aliphatic heterocycles. The zero-order valence-electron chi connectivity index (χ0n) is 8.71. The monoisotopic (exact) mass is 202 g/mol. The summed E-state index contributed by atoms with van der Waals surface area (Å²) in [6.07, 6.45) is 2.28. The molecule has 3 nitrogen and oxygen atoms in total. The molecule has 0 saturated carbocycles. The van der Waals surface area contributed by atoms with Crippen LogP contribution in [0.3, 0.4) is 0 Å². The van der Waals surface area contributed by atoms with E-state index in [4.69, 9.17) is 0 Å². The highest BCUT2D eigenvalue weighted by Crippen LogP contribution is 2.30. The molecule has 0 saturated heterocycles. The zero-order valence-corrected chi connectivity index (χ0v) is 8.71. The van der Waals surface area contributed by atoms with Gasteiger partial charge in [-0.05, 0) is 18.6 Å². The van der Waals surface area contributed by atoms with E-state index in [0.717, 1.165) is 16.9 Å². The molecule has 1 amide bonds. The second-order valence-electron chi connectivity index (χ2n) is 3.77. The van der Waals surface area contributed by atoms with Gasteiger partial charge in [0.05, 0.1) is 11.4 Å². The van der Waals surface area contributed by atoms with Crippen molar-refractivity contribution >= 4 is 23.4 Å². The zero-order chi connectivity index (χ0) is 10.8. The topological polar surface area (TPSA) is 41.1 Å². The molecule has 1 aromatic carbocycles. The smallest absolute Gasteiger partial charge is 0.226 e. The summed E-state index contributed by atoms with van der Waals surface area (Å²) in [5.74, 6) is 0.0509. The quantitative estimate of drug-likeness (QED) is 0.734. The van der Waals surface area contributed by atoms with E-state index in [-0.39, 0.29) is 11.9 Å². The summed E-state index contributed by atoms with van der Waals surface area (Å²) in [7, 11) is 0. The van der Waals surface area contributed by atoms with E-state index in [2.05, 4.69) is 17.2 Å².